The van der Waals surface area contributed by atoms with Gasteiger partial charge in [0.05, 0.1) is 0 Å². The van der Waals surface area contributed by atoms with E-state index in [4.69, 9.17) is 16.3 Å². The Kier molecular flexibility index (Phi) is 4.70. The first-order valence-corrected chi connectivity index (χ1v) is 10.5. The number of rotatable bonds is 3. The summed E-state index contributed by atoms with van der Waals surface area (Å²) in [6, 6.07) is 2.02. The number of hydrogen-bond donors (Lipinski definition) is 0. The van der Waals surface area contributed by atoms with E-state index in [0.29, 0.717) is 25.2 Å². The summed E-state index contributed by atoms with van der Waals surface area (Å²) in [4.78, 5) is 5.19. The summed E-state index contributed by atoms with van der Waals surface area (Å²) in [6.07, 6.45) is -2.69. The van der Waals surface area contributed by atoms with Crippen LogP contribution in [-0.2, 0) is 20.9 Å². The minimum Gasteiger partial charge on any atom is -0.381 e. The molecule has 3 fully saturated rings. The van der Waals surface area contributed by atoms with Gasteiger partial charge in [0.2, 0.25) is 10.0 Å². The molecule has 0 saturated carbocycles. The van der Waals surface area contributed by atoms with Gasteiger partial charge in [-0.05, 0) is 25.0 Å². The Morgan fingerprint density at radius 2 is 1.78 bits per heavy atom. The van der Waals surface area contributed by atoms with Gasteiger partial charge in [0.15, 0.2) is 0 Å². The zero-order valence-corrected chi connectivity index (χ0v) is 15.9. The van der Waals surface area contributed by atoms with Crippen molar-refractivity contribution in [3.8, 4) is 0 Å². The Morgan fingerprint density at radius 1 is 1.15 bits per heavy atom. The van der Waals surface area contributed by atoms with Crippen molar-refractivity contribution in [3.63, 3.8) is 0 Å². The predicted octanol–water partition coefficient (Wildman–Crippen LogP) is 2.24. The molecule has 11 heteroatoms. The molecule has 0 unspecified atom stereocenters. The van der Waals surface area contributed by atoms with Gasteiger partial charge in [-0.2, -0.15) is 17.5 Å². The molecule has 1 spiro atoms. The van der Waals surface area contributed by atoms with Crippen molar-refractivity contribution >= 4 is 21.6 Å². The number of ether oxygens (including phenoxy) is 1. The fourth-order valence-corrected chi connectivity index (χ4v) is 6.22. The summed E-state index contributed by atoms with van der Waals surface area (Å²) in [5.41, 5.74) is -1.27. The average Bonchev–Trinajstić information content (AvgIpc) is 2.52. The summed E-state index contributed by atoms with van der Waals surface area (Å²) in [5, 5.41) is -0.650. The second kappa shape index (κ2) is 6.55. The maximum Gasteiger partial charge on any atom is 0.433 e. The van der Waals surface area contributed by atoms with Gasteiger partial charge in [-0.3, -0.25) is 4.90 Å². The first kappa shape index (κ1) is 19.4. The highest BCUT2D eigenvalue weighted by atomic mass is 35.5. The van der Waals surface area contributed by atoms with Crippen molar-refractivity contribution in [2.75, 3.05) is 39.4 Å². The van der Waals surface area contributed by atoms with E-state index < -0.39 is 27.0 Å². The van der Waals surface area contributed by atoms with Crippen molar-refractivity contribution < 1.29 is 26.3 Å². The Bertz CT molecular complexity index is 829. The molecule has 0 aromatic carbocycles. The number of nitrogens with zero attached hydrogens (tertiary/aromatic N) is 3. The van der Waals surface area contributed by atoms with E-state index in [0.717, 1.165) is 45.2 Å². The van der Waals surface area contributed by atoms with Crippen molar-refractivity contribution in [3.05, 3.63) is 23.0 Å². The van der Waals surface area contributed by atoms with Crippen LogP contribution in [0.2, 0.25) is 5.15 Å². The van der Waals surface area contributed by atoms with E-state index >= 15 is 0 Å². The van der Waals surface area contributed by atoms with Gasteiger partial charge in [0.1, 0.15) is 15.7 Å². The van der Waals surface area contributed by atoms with Gasteiger partial charge in [0, 0.05) is 50.8 Å². The van der Waals surface area contributed by atoms with Crippen LogP contribution >= 0.6 is 11.6 Å². The maximum absolute atomic E-state index is 12.7. The van der Waals surface area contributed by atoms with Crippen LogP contribution in [0.4, 0.5) is 13.2 Å². The fraction of sp³-hybridized carbons (Fsp3) is 0.688. The second-order valence-electron chi connectivity index (χ2n) is 7.50. The van der Waals surface area contributed by atoms with Gasteiger partial charge < -0.3 is 4.74 Å². The largest absolute Gasteiger partial charge is 0.433 e. The summed E-state index contributed by atoms with van der Waals surface area (Å²) >= 11 is 5.75. The summed E-state index contributed by atoms with van der Waals surface area (Å²) in [5.74, 6) is 0. The smallest absolute Gasteiger partial charge is 0.381 e. The van der Waals surface area contributed by atoms with Crippen LogP contribution in [0.15, 0.2) is 17.0 Å². The van der Waals surface area contributed by atoms with E-state index in [-0.39, 0.29) is 10.3 Å². The monoisotopic (exact) mass is 425 g/mol. The Morgan fingerprint density at radius 3 is 2.33 bits per heavy atom. The van der Waals surface area contributed by atoms with E-state index in [1.165, 1.54) is 4.31 Å². The first-order valence-electron chi connectivity index (χ1n) is 8.67. The van der Waals surface area contributed by atoms with Crippen molar-refractivity contribution in [1.29, 1.82) is 0 Å². The standard InChI is InChI=1S/C16H19ClF3N3O3S/c17-14-12(1-2-13(21-14)16(18,19)20)27(24,25)23-9-15(10-23)7-22(8-15)11-3-5-26-6-4-11/h1-2,11H,3-10H2. The van der Waals surface area contributed by atoms with Gasteiger partial charge >= 0.3 is 6.18 Å². The Balaban J connectivity index is 1.40. The van der Waals surface area contributed by atoms with Gasteiger partial charge in [-0.25, -0.2) is 13.4 Å². The van der Waals surface area contributed by atoms with E-state index in [1.54, 1.807) is 0 Å². The molecule has 0 bridgehead atoms. The number of pyridine rings is 1. The summed E-state index contributed by atoms with van der Waals surface area (Å²) in [6.45, 7) is 3.90. The van der Waals surface area contributed by atoms with Crippen LogP contribution < -0.4 is 0 Å². The SMILES string of the molecule is O=S(=O)(c1ccc(C(F)(F)F)nc1Cl)N1CC2(CN(C3CCOCC3)C2)C1. The zero-order valence-electron chi connectivity index (χ0n) is 14.4. The molecule has 3 saturated heterocycles. The molecular weight excluding hydrogens is 407 g/mol. The Hall–Kier alpha value is -0.940. The summed E-state index contributed by atoms with van der Waals surface area (Å²) < 4.78 is 70.1. The molecule has 4 rings (SSSR count). The third-order valence-electron chi connectivity index (χ3n) is 5.53. The lowest BCUT2D eigenvalue weighted by atomic mass is 9.73. The minimum absolute atomic E-state index is 0.0583. The van der Waals surface area contributed by atoms with Crippen LogP contribution in [0.5, 0.6) is 0 Å². The topological polar surface area (TPSA) is 62.7 Å². The highest BCUT2D eigenvalue weighted by Crippen LogP contribution is 2.44. The van der Waals surface area contributed by atoms with Crippen LogP contribution in [0, 0.1) is 5.41 Å². The number of hydrogen-bond acceptors (Lipinski definition) is 5. The predicted molar refractivity (Wildman–Crippen MR) is 90.9 cm³/mol. The number of aromatic nitrogens is 1. The van der Waals surface area contributed by atoms with E-state index in [2.05, 4.69) is 9.88 Å². The number of likely N-dealkylation sites (tertiary alicyclic amines) is 1. The quantitative estimate of drug-likeness (QED) is 0.695. The second-order valence-corrected chi connectivity index (χ2v) is 9.77. The van der Waals surface area contributed by atoms with Gasteiger partial charge in [-0.15, -0.1) is 0 Å². The molecule has 0 atom stereocenters. The van der Waals surface area contributed by atoms with Crippen LogP contribution in [0.3, 0.4) is 0 Å². The number of halogens is 4. The molecule has 1 aromatic rings. The van der Waals surface area contributed by atoms with E-state index in [9.17, 15) is 21.6 Å². The van der Waals surface area contributed by atoms with Crippen molar-refractivity contribution in [2.45, 2.75) is 30.0 Å². The molecular formula is C16H19ClF3N3O3S. The molecule has 0 radical (unpaired) electrons. The first-order chi connectivity index (χ1) is 12.6. The van der Waals surface area contributed by atoms with Gasteiger partial charge in [-0.1, -0.05) is 11.6 Å². The van der Waals surface area contributed by atoms with Crippen LogP contribution in [0.1, 0.15) is 18.5 Å². The van der Waals surface area contributed by atoms with Crippen molar-refractivity contribution in [1.82, 2.24) is 14.2 Å². The lowest BCUT2D eigenvalue weighted by molar-refractivity contribution is -0.141. The zero-order chi connectivity index (χ0) is 19.4. The maximum atomic E-state index is 12.7. The molecule has 0 amide bonds. The normalized spacial score (nSPS) is 24.6. The molecule has 27 heavy (non-hydrogen) atoms. The highest BCUT2D eigenvalue weighted by Gasteiger charge is 2.56. The molecule has 6 nitrogen and oxygen atoms in total. The third-order valence-corrected chi connectivity index (χ3v) is 7.75. The lowest BCUT2D eigenvalue weighted by Crippen LogP contribution is -2.74. The molecule has 0 N–H and O–H groups in total. The molecule has 4 heterocycles. The van der Waals surface area contributed by atoms with Gasteiger partial charge in [0.25, 0.3) is 0 Å². The molecule has 150 valence electrons. The van der Waals surface area contributed by atoms with E-state index in [1.807, 2.05) is 0 Å². The lowest BCUT2D eigenvalue weighted by Gasteiger charge is -2.61. The Labute approximate surface area is 160 Å². The van der Waals surface area contributed by atoms with Crippen LogP contribution in [-0.4, -0.2) is 68.0 Å². The summed E-state index contributed by atoms with van der Waals surface area (Å²) in [7, 11) is -3.95. The molecule has 3 aliphatic heterocycles. The van der Waals surface area contributed by atoms with Crippen LogP contribution in [0.25, 0.3) is 0 Å². The molecule has 1 aromatic heterocycles. The number of sulfonamides is 1. The third kappa shape index (κ3) is 3.46. The molecule has 3 aliphatic rings. The van der Waals surface area contributed by atoms with Crippen molar-refractivity contribution in [2.24, 2.45) is 5.41 Å². The number of alkyl halides is 3. The minimum atomic E-state index is -4.67. The highest BCUT2D eigenvalue weighted by molar-refractivity contribution is 7.89. The molecule has 0 aliphatic carbocycles. The fourth-order valence-electron chi connectivity index (χ4n) is 4.11. The average molecular weight is 426 g/mol.